The van der Waals surface area contributed by atoms with Gasteiger partial charge in [0.2, 0.25) is 0 Å². The minimum Gasteiger partial charge on any atom is -0.308 e. The van der Waals surface area contributed by atoms with Gasteiger partial charge in [-0.05, 0) is 63.7 Å². The van der Waals surface area contributed by atoms with Gasteiger partial charge in [-0.25, -0.2) is 4.68 Å². The number of nitrogens with zero attached hydrogens (tertiary/aromatic N) is 4. The molecule has 1 aliphatic rings. The lowest BCUT2D eigenvalue weighted by Crippen LogP contribution is -2.33. The van der Waals surface area contributed by atoms with Crippen molar-refractivity contribution < 1.29 is 0 Å². The van der Waals surface area contributed by atoms with E-state index in [4.69, 9.17) is 16.7 Å². The molecule has 0 saturated carbocycles. The van der Waals surface area contributed by atoms with Crippen molar-refractivity contribution in [1.82, 2.24) is 19.6 Å². The van der Waals surface area contributed by atoms with Crippen molar-refractivity contribution in [3.8, 4) is 0 Å². The molecular formula is C25H31ClN4O. The molecule has 1 saturated heterocycles. The predicted molar refractivity (Wildman–Crippen MR) is 128 cm³/mol. The molecule has 0 bridgehead atoms. The van der Waals surface area contributed by atoms with E-state index >= 15 is 0 Å². The van der Waals surface area contributed by atoms with Gasteiger partial charge in [0.1, 0.15) is 0 Å². The fraction of sp³-hybridized carbons (Fsp3) is 0.440. The number of halogens is 1. The minimum atomic E-state index is 0.0298. The summed E-state index contributed by atoms with van der Waals surface area (Å²) in [5.74, 6) is 0. The number of benzene rings is 2. The quantitative estimate of drug-likeness (QED) is 0.577. The summed E-state index contributed by atoms with van der Waals surface area (Å²) < 4.78 is 1.78. The summed E-state index contributed by atoms with van der Waals surface area (Å²) in [5, 5.41) is 7.36. The number of likely N-dealkylation sites (tertiary alicyclic amines) is 1. The summed E-state index contributed by atoms with van der Waals surface area (Å²) in [6.45, 7) is 4.22. The van der Waals surface area contributed by atoms with Crippen LogP contribution in [0, 0.1) is 0 Å². The fourth-order valence-electron chi connectivity index (χ4n) is 4.40. The highest BCUT2D eigenvalue weighted by atomic mass is 35.5. The van der Waals surface area contributed by atoms with Crippen molar-refractivity contribution in [3.05, 3.63) is 75.2 Å². The van der Waals surface area contributed by atoms with Crippen LogP contribution in [0.5, 0.6) is 0 Å². The lowest BCUT2D eigenvalue weighted by atomic mass is 10.0. The average molecular weight is 439 g/mol. The summed E-state index contributed by atoms with van der Waals surface area (Å²) in [6, 6.07) is 15.9. The standard InChI is InChI=1S/C25H31ClN4O/c1-28(2)16-17-29-14-5-6-21(13-15-29)30-25(31)23-8-4-3-7-22(23)24(27-30)18-19-9-11-20(26)12-10-19/h3-4,7-12,21H,5-6,13-18H2,1-2H3. The Bertz CT molecular complexity index is 1080. The summed E-state index contributed by atoms with van der Waals surface area (Å²) in [4.78, 5) is 18.1. The molecule has 5 nitrogen and oxygen atoms in total. The monoisotopic (exact) mass is 438 g/mol. The van der Waals surface area contributed by atoms with E-state index in [1.807, 2.05) is 48.5 Å². The summed E-state index contributed by atoms with van der Waals surface area (Å²) in [7, 11) is 4.22. The van der Waals surface area contributed by atoms with Gasteiger partial charge in [0.25, 0.3) is 5.56 Å². The highest BCUT2D eigenvalue weighted by molar-refractivity contribution is 6.30. The van der Waals surface area contributed by atoms with Crippen molar-refractivity contribution >= 4 is 22.4 Å². The average Bonchev–Trinajstić information content (AvgIpc) is 3.01. The van der Waals surface area contributed by atoms with Gasteiger partial charge >= 0.3 is 0 Å². The maximum Gasteiger partial charge on any atom is 0.274 e. The Hall–Kier alpha value is -2.21. The van der Waals surface area contributed by atoms with Crippen LogP contribution in [0.1, 0.15) is 36.6 Å². The third kappa shape index (κ3) is 5.35. The second kappa shape index (κ2) is 9.94. The molecule has 0 aliphatic carbocycles. The number of aromatic nitrogens is 2. The first-order valence-electron chi connectivity index (χ1n) is 11.1. The van der Waals surface area contributed by atoms with E-state index in [0.29, 0.717) is 6.42 Å². The van der Waals surface area contributed by atoms with Gasteiger partial charge in [-0.3, -0.25) is 4.79 Å². The zero-order valence-corrected chi connectivity index (χ0v) is 19.2. The molecular weight excluding hydrogens is 408 g/mol. The molecule has 164 valence electrons. The third-order valence-corrected chi connectivity index (χ3v) is 6.44. The van der Waals surface area contributed by atoms with Crippen LogP contribution in [0.2, 0.25) is 5.02 Å². The lowest BCUT2D eigenvalue weighted by molar-refractivity contribution is 0.245. The molecule has 0 radical (unpaired) electrons. The van der Waals surface area contributed by atoms with E-state index in [-0.39, 0.29) is 11.6 Å². The second-order valence-electron chi connectivity index (χ2n) is 8.77. The van der Waals surface area contributed by atoms with Crippen molar-refractivity contribution in [2.75, 3.05) is 40.3 Å². The molecule has 1 aliphatic heterocycles. The molecule has 0 amide bonds. The van der Waals surface area contributed by atoms with E-state index < -0.39 is 0 Å². The SMILES string of the molecule is CN(C)CCN1CCCC(n2nc(Cc3ccc(Cl)cc3)c3ccccc3c2=O)CC1. The fourth-order valence-corrected chi connectivity index (χ4v) is 4.52. The van der Waals surface area contributed by atoms with Crippen LogP contribution >= 0.6 is 11.6 Å². The molecule has 1 fully saturated rings. The van der Waals surface area contributed by atoms with Crippen molar-refractivity contribution in [1.29, 1.82) is 0 Å². The van der Waals surface area contributed by atoms with Gasteiger partial charge in [0, 0.05) is 36.5 Å². The Morgan fingerprint density at radius 1 is 1.03 bits per heavy atom. The summed E-state index contributed by atoms with van der Waals surface area (Å²) >= 11 is 6.06. The van der Waals surface area contributed by atoms with Gasteiger partial charge in [0.05, 0.1) is 17.1 Å². The first-order valence-corrected chi connectivity index (χ1v) is 11.5. The summed E-state index contributed by atoms with van der Waals surface area (Å²) in [6.07, 6.45) is 3.72. The van der Waals surface area contributed by atoms with Crippen molar-refractivity contribution in [3.63, 3.8) is 0 Å². The molecule has 1 aromatic heterocycles. The highest BCUT2D eigenvalue weighted by Gasteiger charge is 2.22. The molecule has 4 rings (SSSR count). The summed E-state index contributed by atoms with van der Waals surface area (Å²) in [5.41, 5.74) is 2.12. The highest BCUT2D eigenvalue weighted by Crippen LogP contribution is 2.24. The molecule has 2 aromatic carbocycles. The van der Waals surface area contributed by atoms with Gasteiger partial charge in [-0.2, -0.15) is 5.10 Å². The van der Waals surface area contributed by atoms with Crippen molar-refractivity contribution in [2.45, 2.75) is 31.7 Å². The topological polar surface area (TPSA) is 41.4 Å². The number of fused-ring (bicyclic) bond motifs is 1. The van der Waals surface area contributed by atoms with Crippen LogP contribution in [0.15, 0.2) is 53.3 Å². The van der Waals surface area contributed by atoms with E-state index in [1.165, 1.54) is 0 Å². The Balaban J connectivity index is 1.64. The lowest BCUT2D eigenvalue weighted by Gasteiger charge is -2.22. The van der Waals surface area contributed by atoms with E-state index in [1.54, 1.807) is 4.68 Å². The van der Waals surface area contributed by atoms with Gasteiger partial charge in [-0.1, -0.05) is 41.9 Å². The first kappa shape index (κ1) is 22.0. The molecule has 2 heterocycles. The number of rotatable bonds is 6. The van der Waals surface area contributed by atoms with Crippen molar-refractivity contribution in [2.24, 2.45) is 0 Å². The maximum atomic E-state index is 13.3. The molecule has 0 N–H and O–H groups in total. The van der Waals surface area contributed by atoms with Crippen LogP contribution < -0.4 is 5.56 Å². The minimum absolute atomic E-state index is 0.0298. The Kier molecular flexibility index (Phi) is 7.06. The first-order chi connectivity index (χ1) is 15.0. The molecule has 0 spiro atoms. The van der Waals surface area contributed by atoms with Crippen LogP contribution in [0.25, 0.3) is 10.8 Å². The molecule has 3 aromatic rings. The van der Waals surface area contributed by atoms with Crippen LogP contribution in [0.4, 0.5) is 0 Å². The normalized spacial score (nSPS) is 17.9. The number of likely N-dealkylation sites (N-methyl/N-ethyl adjacent to an activating group) is 1. The molecule has 6 heteroatoms. The van der Waals surface area contributed by atoms with Crippen LogP contribution in [0.3, 0.4) is 0 Å². The van der Waals surface area contributed by atoms with E-state index in [9.17, 15) is 4.79 Å². The zero-order valence-electron chi connectivity index (χ0n) is 18.4. The Labute approximate surface area is 189 Å². The second-order valence-corrected chi connectivity index (χ2v) is 9.21. The predicted octanol–water partition coefficient (Wildman–Crippen LogP) is 4.23. The molecule has 1 unspecified atom stereocenters. The zero-order chi connectivity index (χ0) is 21.8. The largest absolute Gasteiger partial charge is 0.308 e. The van der Waals surface area contributed by atoms with Crippen LogP contribution in [-0.2, 0) is 6.42 Å². The Morgan fingerprint density at radius 3 is 2.52 bits per heavy atom. The van der Waals surface area contributed by atoms with Gasteiger partial charge in [-0.15, -0.1) is 0 Å². The van der Waals surface area contributed by atoms with E-state index in [0.717, 1.165) is 72.5 Å². The maximum absolute atomic E-state index is 13.3. The smallest absolute Gasteiger partial charge is 0.274 e. The number of hydrogen-bond acceptors (Lipinski definition) is 4. The third-order valence-electron chi connectivity index (χ3n) is 6.19. The van der Waals surface area contributed by atoms with Gasteiger partial charge in [0.15, 0.2) is 0 Å². The van der Waals surface area contributed by atoms with E-state index in [2.05, 4.69) is 23.9 Å². The van der Waals surface area contributed by atoms with Crippen LogP contribution in [-0.4, -0.2) is 59.9 Å². The number of hydrogen-bond donors (Lipinski definition) is 0. The molecule has 31 heavy (non-hydrogen) atoms. The Morgan fingerprint density at radius 2 is 1.77 bits per heavy atom. The molecule has 1 atom stereocenters. The van der Waals surface area contributed by atoms with Gasteiger partial charge < -0.3 is 9.80 Å².